The standard InChI is InChI=1S/C10H11NO6/c1-2-17-10(16)9(15)11-6-3-5(12)4-7(13)8(6)14/h3-4,12-14H,2H2,1H3,(H,11,15). The average molecular weight is 241 g/mol. The summed E-state index contributed by atoms with van der Waals surface area (Å²) in [5.74, 6) is -3.90. The van der Waals surface area contributed by atoms with Crippen LogP contribution in [0.25, 0.3) is 0 Å². The zero-order valence-corrected chi connectivity index (χ0v) is 8.93. The monoisotopic (exact) mass is 241 g/mol. The Kier molecular flexibility index (Phi) is 3.76. The molecule has 0 bridgehead atoms. The van der Waals surface area contributed by atoms with E-state index in [0.29, 0.717) is 0 Å². The molecule has 0 aliphatic carbocycles. The minimum absolute atomic E-state index is 0.0313. The third kappa shape index (κ3) is 3.00. The molecule has 1 aromatic rings. The molecule has 4 N–H and O–H groups in total. The second-order valence-corrected chi connectivity index (χ2v) is 3.04. The number of hydrogen-bond acceptors (Lipinski definition) is 6. The Morgan fingerprint density at radius 2 is 1.94 bits per heavy atom. The quantitative estimate of drug-likeness (QED) is 0.256. The summed E-state index contributed by atoms with van der Waals surface area (Å²) in [7, 11) is 0. The maximum atomic E-state index is 11.2. The van der Waals surface area contributed by atoms with Crippen molar-refractivity contribution < 1.29 is 29.6 Å². The molecular formula is C10H11NO6. The third-order valence-electron chi connectivity index (χ3n) is 1.78. The Labute approximate surface area is 96.3 Å². The normalized spacial score (nSPS) is 9.71. The maximum Gasteiger partial charge on any atom is 0.397 e. The van der Waals surface area contributed by atoms with E-state index in [9.17, 15) is 14.7 Å². The molecule has 0 aromatic heterocycles. The van der Waals surface area contributed by atoms with Gasteiger partial charge in [0.2, 0.25) is 0 Å². The number of rotatable bonds is 2. The number of carbonyl (C=O) groups is 2. The first-order chi connectivity index (χ1) is 7.95. The SMILES string of the molecule is CCOC(=O)C(=O)Nc1cc(O)cc(O)c1O. The fraction of sp³-hybridized carbons (Fsp3) is 0.200. The molecule has 7 nitrogen and oxygen atoms in total. The molecule has 1 aromatic carbocycles. The van der Waals surface area contributed by atoms with Gasteiger partial charge < -0.3 is 25.4 Å². The van der Waals surface area contributed by atoms with Gasteiger partial charge in [-0.25, -0.2) is 4.79 Å². The number of phenols is 3. The van der Waals surface area contributed by atoms with Crippen LogP contribution in [0.15, 0.2) is 12.1 Å². The van der Waals surface area contributed by atoms with Gasteiger partial charge in [0.25, 0.3) is 0 Å². The molecule has 0 atom stereocenters. The van der Waals surface area contributed by atoms with Crippen LogP contribution in [0, 0.1) is 0 Å². The number of phenolic OH excluding ortho intramolecular Hbond substituents is 3. The second kappa shape index (κ2) is 5.06. The summed E-state index contributed by atoms with van der Waals surface area (Å²) in [5, 5.41) is 29.6. The summed E-state index contributed by atoms with van der Waals surface area (Å²) < 4.78 is 4.42. The molecule has 1 rings (SSSR count). The number of carbonyl (C=O) groups excluding carboxylic acids is 2. The van der Waals surface area contributed by atoms with Crippen molar-refractivity contribution in [1.82, 2.24) is 0 Å². The molecule has 17 heavy (non-hydrogen) atoms. The van der Waals surface area contributed by atoms with Gasteiger partial charge in [-0.3, -0.25) is 4.79 Å². The zero-order valence-electron chi connectivity index (χ0n) is 8.93. The number of anilines is 1. The Morgan fingerprint density at radius 3 is 2.53 bits per heavy atom. The van der Waals surface area contributed by atoms with E-state index in [1.54, 1.807) is 0 Å². The van der Waals surface area contributed by atoms with Gasteiger partial charge in [-0.15, -0.1) is 0 Å². The minimum atomic E-state index is -1.13. The number of hydrogen-bond donors (Lipinski definition) is 4. The van der Waals surface area contributed by atoms with Crippen molar-refractivity contribution in [2.24, 2.45) is 0 Å². The highest BCUT2D eigenvalue weighted by Crippen LogP contribution is 2.36. The van der Waals surface area contributed by atoms with Crippen LogP contribution in [-0.2, 0) is 14.3 Å². The van der Waals surface area contributed by atoms with Crippen molar-refractivity contribution in [2.45, 2.75) is 6.92 Å². The van der Waals surface area contributed by atoms with E-state index in [1.165, 1.54) is 6.92 Å². The van der Waals surface area contributed by atoms with Crippen LogP contribution in [0.3, 0.4) is 0 Å². The van der Waals surface area contributed by atoms with Crippen LogP contribution in [0.5, 0.6) is 17.2 Å². The van der Waals surface area contributed by atoms with E-state index in [2.05, 4.69) is 4.74 Å². The summed E-state index contributed by atoms with van der Waals surface area (Å²) in [5.41, 5.74) is -0.291. The summed E-state index contributed by atoms with van der Waals surface area (Å²) in [6.07, 6.45) is 0. The average Bonchev–Trinajstić information content (AvgIpc) is 2.25. The molecule has 0 fully saturated rings. The molecule has 0 heterocycles. The highest BCUT2D eigenvalue weighted by Gasteiger charge is 2.18. The largest absolute Gasteiger partial charge is 0.508 e. The Bertz CT molecular complexity index is 456. The van der Waals surface area contributed by atoms with Crippen molar-refractivity contribution >= 4 is 17.6 Å². The molecule has 0 aliphatic rings. The van der Waals surface area contributed by atoms with Gasteiger partial charge in [0.15, 0.2) is 11.5 Å². The number of aromatic hydroxyl groups is 3. The van der Waals surface area contributed by atoms with Crippen LogP contribution >= 0.6 is 0 Å². The van der Waals surface area contributed by atoms with E-state index in [0.717, 1.165) is 12.1 Å². The topological polar surface area (TPSA) is 116 Å². The van der Waals surface area contributed by atoms with Gasteiger partial charge in [-0.2, -0.15) is 0 Å². The fourth-order valence-corrected chi connectivity index (χ4v) is 1.07. The smallest absolute Gasteiger partial charge is 0.397 e. The molecular weight excluding hydrogens is 230 g/mol. The van der Waals surface area contributed by atoms with Gasteiger partial charge >= 0.3 is 11.9 Å². The zero-order chi connectivity index (χ0) is 13.0. The van der Waals surface area contributed by atoms with Crippen LogP contribution < -0.4 is 5.32 Å². The van der Waals surface area contributed by atoms with Gasteiger partial charge in [0.1, 0.15) is 5.75 Å². The van der Waals surface area contributed by atoms with E-state index in [1.807, 2.05) is 5.32 Å². The lowest BCUT2D eigenvalue weighted by Crippen LogP contribution is -2.25. The first-order valence-corrected chi connectivity index (χ1v) is 4.68. The molecule has 7 heteroatoms. The number of nitrogens with one attached hydrogen (secondary N) is 1. The van der Waals surface area contributed by atoms with Crippen molar-refractivity contribution in [1.29, 1.82) is 0 Å². The molecule has 1 amide bonds. The first kappa shape index (κ1) is 12.6. The number of benzene rings is 1. The Hall–Kier alpha value is -2.44. The number of esters is 1. The number of amides is 1. The molecule has 0 spiro atoms. The summed E-state index contributed by atoms with van der Waals surface area (Å²) in [6.45, 7) is 1.56. The van der Waals surface area contributed by atoms with E-state index in [4.69, 9.17) is 10.2 Å². The Balaban J connectivity index is 2.88. The van der Waals surface area contributed by atoms with Crippen LogP contribution in [-0.4, -0.2) is 33.8 Å². The lowest BCUT2D eigenvalue weighted by Gasteiger charge is -2.08. The van der Waals surface area contributed by atoms with E-state index in [-0.39, 0.29) is 18.0 Å². The predicted octanol–water partition coefficient (Wildman–Crippen LogP) is 0.305. The van der Waals surface area contributed by atoms with E-state index < -0.39 is 23.4 Å². The lowest BCUT2D eigenvalue weighted by atomic mass is 10.2. The summed E-state index contributed by atoms with van der Waals surface area (Å²) in [6, 6.07) is 1.86. The molecule has 92 valence electrons. The first-order valence-electron chi connectivity index (χ1n) is 4.68. The highest BCUT2D eigenvalue weighted by atomic mass is 16.5. The predicted molar refractivity (Wildman–Crippen MR) is 56.7 cm³/mol. The van der Waals surface area contributed by atoms with Crippen LogP contribution in [0.1, 0.15) is 6.92 Å². The maximum absolute atomic E-state index is 11.2. The Morgan fingerprint density at radius 1 is 1.29 bits per heavy atom. The van der Waals surface area contributed by atoms with Crippen LogP contribution in [0.4, 0.5) is 5.69 Å². The third-order valence-corrected chi connectivity index (χ3v) is 1.78. The van der Waals surface area contributed by atoms with Gasteiger partial charge in [-0.1, -0.05) is 0 Å². The highest BCUT2D eigenvalue weighted by molar-refractivity contribution is 6.37. The van der Waals surface area contributed by atoms with E-state index >= 15 is 0 Å². The van der Waals surface area contributed by atoms with Crippen molar-refractivity contribution in [2.75, 3.05) is 11.9 Å². The molecule has 0 aliphatic heterocycles. The van der Waals surface area contributed by atoms with Gasteiger partial charge in [-0.05, 0) is 6.92 Å². The number of ether oxygens (including phenoxy) is 1. The van der Waals surface area contributed by atoms with Crippen LogP contribution in [0.2, 0.25) is 0 Å². The van der Waals surface area contributed by atoms with Gasteiger partial charge in [0.05, 0.1) is 12.3 Å². The molecule has 0 radical (unpaired) electrons. The molecule has 0 saturated heterocycles. The fourth-order valence-electron chi connectivity index (χ4n) is 1.07. The van der Waals surface area contributed by atoms with Crippen molar-refractivity contribution in [3.63, 3.8) is 0 Å². The van der Waals surface area contributed by atoms with Gasteiger partial charge in [0, 0.05) is 12.1 Å². The lowest BCUT2D eigenvalue weighted by molar-refractivity contribution is -0.152. The van der Waals surface area contributed by atoms with Crippen molar-refractivity contribution in [3.05, 3.63) is 12.1 Å². The van der Waals surface area contributed by atoms with Crippen molar-refractivity contribution in [3.8, 4) is 17.2 Å². The summed E-state index contributed by atoms with van der Waals surface area (Å²) in [4.78, 5) is 22.2. The molecule has 0 unspecified atom stereocenters. The molecule has 0 saturated carbocycles. The minimum Gasteiger partial charge on any atom is -0.508 e. The second-order valence-electron chi connectivity index (χ2n) is 3.04. The summed E-state index contributed by atoms with van der Waals surface area (Å²) >= 11 is 0.